The molecular weight excluding hydrogens is 223 g/mol. The Labute approximate surface area is 96.4 Å². The summed E-state index contributed by atoms with van der Waals surface area (Å²) in [5, 5.41) is 3.70. The minimum absolute atomic E-state index is 0.0115. The fourth-order valence-electron chi connectivity index (χ4n) is 1.77. The van der Waals surface area contributed by atoms with E-state index in [1.54, 1.807) is 6.07 Å². The minimum Gasteiger partial charge on any atom is -0.485 e. The van der Waals surface area contributed by atoms with Gasteiger partial charge in [0.25, 0.3) is 0 Å². The van der Waals surface area contributed by atoms with Crippen molar-refractivity contribution in [2.45, 2.75) is 6.10 Å². The molecule has 1 aromatic heterocycles. The van der Waals surface area contributed by atoms with Crippen molar-refractivity contribution in [2.75, 3.05) is 13.1 Å². The van der Waals surface area contributed by atoms with Gasteiger partial charge in [0.1, 0.15) is 6.10 Å². The molecule has 0 unspecified atom stereocenters. The van der Waals surface area contributed by atoms with Crippen LogP contribution in [0.2, 0.25) is 0 Å². The van der Waals surface area contributed by atoms with Gasteiger partial charge in [-0.3, -0.25) is 4.79 Å². The van der Waals surface area contributed by atoms with E-state index in [1.807, 2.05) is 0 Å². The number of benzene rings is 1. The summed E-state index contributed by atoms with van der Waals surface area (Å²) >= 11 is 0. The zero-order valence-corrected chi connectivity index (χ0v) is 9.00. The number of aromatic amines is 1. The topological polar surface area (TPSA) is 54.1 Å². The van der Waals surface area contributed by atoms with Gasteiger partial charge in [-0.2, -0.15) is 0 Å². The van der Waals surface area contributed by atoms with Gasteiger partial charge >= 0.3 is 0 Å². The van der Waals surface area contributed by atoms with E-state index in [0.717, 1.165) is 13.1 Å². The lowest BCUT2D eigenvalue weighted by atomic mass is 10.2. The van der Waals surface area contributed by atoms with Crippen LogP contribution in [0.25, 0.3) is 10.9 Å². The lowest BCUT2D eigenvalue weighted by Gasteiger charge is -2.28. The fraction of sp³-hybridized carbons (Fsp3) is 0.250. The summed E-state index contributed by atoms with van der Waals surface area (Å²) in [4.78, 5) is 13.8. The first kappa shape index (κ1) is 10.3. The summed E-state index contributed by atoms with van der Waals surface area (Å²) in [6.45, 7) is 1.45. The van der Waals surface area contributed by atoms with Gasteiger partial charge in [-0.15, -0.1) is 0 Å². The second kappa shape index (κ2) is 3.85. The van der Waals surface area contributed by atoms with Gasteiger partial charge in [-0.05, 0) is 12.1 Å². The van der Waals surface area contributed by atoms with E-state index >= 15 is 0 Å². The number of halogens is 1. The first-order valence-electron chi connectivity index (χ1n) is 5.42. The highest BCUT2D eigenvalue weighted by Gasteiger charge is 2.20. The number of nitrogens with one attached hydrogen (secondary N) is 2. The molecule has 0 atom stereocenters. The van der Waals surface area contributed by atoms with Crippen molar-refractivity contribution in [3.63, 3.8) is 0 Å². The van der Waals surface area contributed by atoms with Crippen LogP contribution in [-0.2, 0) is 0 Å². The van der Waals surface area contributed by atoms with E-state index in [2.05, 4.69) is 10.3 Å². The lowest BCUT2D eigenvalue weighted by Crippen LogP contribution is -2.50. The van der Waals surface area contributed by atoms with Gasteiger partial charge in [0.05, 0.1) is 5.52 Å². The maximum absolute atomic E-state index is 13.7. The molecule has 88 valence electrons. The number of fused-ring (bicyclic) bond motifs is 1. The smallest absolute Gasteiger partial charge is 0.248 e. The highest BCUT2D eigenvalue weighted by molar-refractivity contribution is 5.79. The van der Waals surface area contributed by atoms with Crippen molar-refractivity contribution < 1.29 is 9.13 Å². The number of hydrogen-bond donors (Lipinski definition) is 2. The van der Waals surface area contributed by atoms with Crippen molar-refractivity contribution in [1.82, 2.24) is 10.3 Å². The molecule has 0 spiro atoms. The van der Waals surface area contributed by atoms with Crippen LogP contribution in [0.1, 0.15) is 0 Å². The Morgan fingerprint density at radius 1 is 1.29 bits per heavy atom. The van der Waals surface area contributed by atoms with Crippen LogP contribution in [0.5, 0.6) is 5.75 Å². The van der Waals surface area contributed by atoms with Crippen LogP contribution in [0, 0.1) is 5.82 Å². The Balaban J connectivity index is 2.04. The Morgan fingerprint density at radius 3 is 2.82 bits per heavy atom. The Morgan fingerprint density at radius 2 is 2.12 bits per heavy atom. The predicted octanol–water partition coefficient (Wildman–Crippen LogP) is 1.02. The monoisotopic (exact) mass is 234 g/mol. The van der Waals surface area contributed by atoms with Crippen LogP contribution in [0.3, 0.4) is 0 Å². The molecule has 0 amide bonds. The second-order valence-electron chi connectivity index (χ2n) is 4.09. The fourth-order valence-corrected chi connectivity index (χ4v) is 1.77. The van der Waals surface area contributed by atoms with Crippen LogP contribution in [0.15, 0.2) is 29.1 Å². The standard InChI is InChI=1S/C12H11FN2O2/c13-9-3-7-1-2-12(16)15-10(7)4-11(9)17-8-5-14-6-8/h1-4,8,14H,5-6H2,(H,15,16). The van der Waals surface area contributed by atoms with Crippen molar-refractivity contribution in [3.8, 4) is 5.75 Å². The van der Waals surface area contributed by atoms with E-state index in [4.69, 9.17) is 4.74 Å². The van der Waals surface area contributed by atoms with E-state index in [-0.39, 0.29) is 17.4 Å². The Kier molecular flexibility index (Phi) is 2.33. The number of rotatable bonds is 2. The van der Waals surface area contributed by atoms with E-state index in [0.29, 0.717) is 10.9 Å². The molecule has 1 fully saturated rings. The zero-order chi connectivity index (χ0) is 11.8. The molecule has 0 bridgehead atoms. The van der Waals surface area contributed by atoms with Crippen molar-refractivity contribution in [2.24, 2.45) is 0 Å². The highest BCUT2D eigenvalue weighted by atomic mass is 19.1. The average Bonchev–Trinajstić information content (AvgIpc) is 2.24. The van der Waals surface area contributed by atoms with Crippen LogP contribution in [0.4, 0.5) is 4.39 Å². The van der Waals surface area contributed by atoms with E-state index in [9.17, 15) is 9.18 Å². The molecule has 2 heterocycles. The molecule has 0 saturated carbocycles. The number of ether oxygens (including phenoxy) is 1. The maximum Gasteiger partial charge on any atom is 0.248 e. The summed E-state index contributed by atoms with van der Waals surface area (Å²) in [5.74, 6) is -0.220. The van der Waals surface area contributed by atoms with Gasteiger partial charge in [0.15, 0.2) is 11.6 Å². The van der Waals surface area contributed by atoms with Gasteiger partial charge in [0.2, 0.25) is 5.56 Å². The maximum atomic E-state index is 13.7. The SMILES string of the molecule is O=c1ccc2cc(F)c(OC3CNC3)cc2[nH]1. The number of hydrogen-bond acceptors (Lipinski definition) is 3. The first-order valence-corrected chi connectivity index (χ1v) is 5.42. The van der Waals surface area contributed by atoms with Gasteiger partial charge in [0, 0.05) is 30.6 Å². The number of aromatic nitrogens is 1. The van der Waals surface area contributed by atoms with Gasteiger partial charge < -0.3 is 15.0 Å². The Bertz CT molecular complexity index is 619. The molecule has 5 heteroatoms. The molecule has 2 aromatic rings. The zero-order valence-electron chi connectivity index (χ0n) is 9.00. The molecule has 1 aliphatic heterocycles. The minimum atomic E-state index is -0.406. The lowest BCUT2D eigenvalue weighted by molar-refractivity contribution is 0.136. The third-order valence-corrected chi connectivity index (χ3v) is 2.81. The predicted molar refractivity (Wildman–Crippen MR) is 61.8 cm³/mol. The molecule has 2 N–H and O–H groups in total. The van der Waals surface area contributed by atoms with Crippen LogP contribution in [-0.4, -0.2) is 24.2 Å². The molecular formula is C12H11FN2O2. The van der Waals surface area contributed by atoms with Crippen molar-refractivity contribution >= 4 is 10.9 Å². The molecule has 3 rings (SSSR count). The quantitative estimate of drug-likeness (QED) is 0.815. The molecule has 1 aliphatic rings. The summed E-state index contributed by atoms with van der Waals surface area (Å²) in [6, 6.07) is 5.86. The van der Waals surface area contributed by atoms with Crippen molar-refractivity contribution in [3.05, 3.63) is 40.4 Å². The summed E-state index contributed by atoms with van der Waals surface area (Å²) in [7, 11) is 0. The van der Waals surface area contributed by atoms with Crippen molar-refractivity contribution in [1.29, 1.82) is 0 Å². The van der Waals surface area contributed by atoms with Gasteiger partial charge in [-0.1, -0.05) is 0 Å². The highest BCUT2D eigenvalue weighted by Crippen LogP contribution is 2.24. The summed E-state index contributed by atoms with van der Waals surface area (Å²) < 4.78 is 19.2. The first-order chi connectivity index (χ1) is 8.22. The molecule has 0 radical (unpaired) electrons. The third-order valence-electron chi connectivity index (χ3n) is 2.81. The van der Waals surface area contributed by atoms with Crippen LogP contribution >= 0.6 is 0 Å². The molecule has 1 saturated heterocycles. The van der Waals surface area contributed by atoms with E-state index < -0.39 is 5.82 Å². The molecule has 0 aliphatic carbocycles. The number of H-pyrrole nitrogens is 1. The normalized spacial score (nSPS) is 15.8. The molecule has 17 heavy (non-hydrogen) atoms. The summed E-state index contributed by atoms with van der Waals surface area (Å²) in [5.41, 5.74) is 0.376. The Hall–Kier alpha value is -1.88. The number of pyridine rings is 1. The molecule has 1 aromatic carbocycles. The third kappa shape index (κ3) is 1.89. The second-order valence-corrected chi connectivity index (χ2v) is 4.09. The summed E-state index contributed by atoms with van der Waals surface area (Å²) in [6.07, 6.45) is 0.0115. The average molecular weight is 234 g/mol. The van der Waals surface area contributed by atoms with Crippen LogP contribution < -0.4 is 15.6 Å². The van der Waals surface area contributed by atoms with Gasteiger partial charge in [-0.25, -0.2) is 4.39 Å². The molecule has 4 nitrogen and oxygen atoms in total. The largest absolute Gasteiger partial charge is 0.485 e. The van der Waals surface area contributed by atoms with E-state index in [1.165, 1.54) is 18.2 Å².